The topological polar surface area (TPSA) is 35.2 Å². The molecule has 1 unspecified atom stereocenters. The van der Waals surface area contributed by atoms with Gasteiger partial charge in [-0.05, 0) is 42.5 Å². The highest BCUT2D eigenvalue weighted by Gasteiger charge is 2.22. The van der Waals surface area contributed by atoms with E-state index in [2.05, 4.69) is 18.2 Å². The molecule has 0 aromatic heterocycles. The molecule has 2 aromatic carbocycles. The molecule has 1 aliphatic carbocycles. The Hall–Kier alpha value is -1.87. The van der Waals surface area contributed by atoms with Crippen molar-refractivity contribution in [3.8, 4) is 5.75 Å². The molecule has 1 atom stereocenters. The molecular formula is C17H18FNO. The van der Waals surface area contributed by atoms with Crippen LogP contribution in [0.2, 0.25) is 0 Å². The highest BCUT2D eigenvalue weighted by Crippen LogP contribution is 2.35. The van der Waals surface area contributed by atoms with Crippen molar-refractivity contribution in [2.24, 2.45) is 5.73 Å². The molecule has 0 bridgehead atoms. The third kappa shape index (κ3) is 2.41. The Morgan fingerprint density at radius 1 is 1.15 bits per heavy atom. The second-order valence-corrected chi connectivity index (χ2v) is 5.12. The third-order valence-electron chi connectivity index (χ3n) is 3.86. The Labute approximate surface area is 118 Å². The van der Waals surface area contributed by atoms with Gasteiger partial charge in [0.05, 0.1) is 0 Å². The van der Waals surface area contributed by atoms with Gasteiger partial charge in [0.25, 0.3) is 0 Å². The molecule has 0 radical (unpaired) electrons. The molecule has 0 spiro atoms. The van der Waals surface area contributed by atoms with Crippen LogP contribution in [0.4, 0.5) is 4.39 Å². The van der Waals surface area contributed by atoms with Crippen LogP contribution in [0, 0.1) is 5.82 Å². The lowest BCUT2D eigenvalue weighted by molar-refractivity contribution is 0.181. The van der Waals surface area contributed by atoms with E-state index in [0.29, 0.717) is 11.3 Å². The lowest BCUT2D eigenvalue weighted by Crippen LogP contribution is -2.16. The molecule has 0 aliphatic heterocycles. The summed E-state index contributed by atoms with van der Waals surface area (Å²) in [6, 6.07) is 13.2. The molecule has 2 aromatic rings. The number of ether oxygens (including phenoxy) is 1. The second kappa shape index (κ2) is 5.63. The number of hydrogen-bond acceptors (Lipinski definition) is 2. The number of nitrogens with two attached hydrogens (primary N) is 1. The summed E-state index contributed by atoms with van der Waals surface area (Å²) in [5.74, 6) is 0.267. The third-order valence-corrected chi connectivity index (χ3v) is 3.86. The van der Waals surface area contributed by atoms with E-state index in [1.54, 1.807) is 12.1 Å². The molecule has 0 amide bonds. The van der Waals surface area contributed by atoms with Gasteiger partial charge in [0.15, 0.2) is 0 Å². The van der Waals surface area contributed by atoms with Crippen molar-refractivity contribution < 1.29 is 9.13 Å². The molecular weight excluding hydrogens is 253 g/mol. The normalized spacial score (nSPS) is 17.6. The van der Waals surface area contributed by atoms with Gasteiger partial charge in [0.2, 0.25) is 0 Å². The maximum absolute atomic E-state index is 13.7. The zero-order valence-electron chi connectivity index (χ0n) is 11.3. The number of aryl methyl sites for hydroxylation is 1. The van der Waals surface area contributed by atoms with Crippen molar-refractivity contribution in [2.75, 3.05) is 0 Å². The Balaban J connectivity index is 1.91. The fourth-order valence-electron chi connectivity index (χ4n) is 2.83. The van der Waals surface area contributed by atoms with Gasteiger partial charge in [-0.15, -0.1) is 0 Å². The van der Waals surface area contributed by atoms with E-state index >= 15 is 0 Å². The van der Waals surface area contributed by atoms with E-state index in [1.807, 2.05) is 6.07 Å². The summed E-state index contributed by atoms with van der Waals surface area (Å²) in [5, 5.41) is 0. The SMILES string of the molecule is NCc1c(F)cccc1OC1CCCc2ccccc21. The number of hydrogen-bond donors (Lipinski definition) is 1. The van der Waals surface area contributed by atoms with E-state index in [9.17, 15) is 4.39 Å². The van der Waals surface area contributed by atoms with E-state index < -0.39 is 0 Å². The summed E-state index contributed by atoms with van der Waals surface area (Å²) in [4.78, 5) is 0. The van der Waals surface area contributed by atoms with E-state index in [0.717, 1.165) is 19.3 Å². The Morgan fingerprint density at radius 2 is 2.00 bits per heavy atom. The molecule has 1 aliphatic rings. The average molecular weight is 271 g/mol. The molecule has 0 saturated carbocycles. The Morgan fingerprint density at radius 3 is 2.85 bits per heavy atom. The first-order chi connectivity index (χ1) is 9.79. The predicted octanol–water partition coefficient (Wildman–Crippen LogP) is 3.74. The van der Waals surface area contributed by atoms with Crippen LogP contribution >= 0.6 is 0 Å². The van der Waals surface area contributed by atoms with E-state index in [1.165, 1.54) is 17.2 Å². The Bertz CT molecular complexity index is 612. The van der Waals surface area contributed by atoms with Gasteiger partial charge in [-0.2, -0.15) is 0 Å². The van der Waals surface area contributed by atoms with Crippen molar-refractivity contribution in [3.63, 3.8) is 0 Å². The summed E-state index contributed by atoms with van der Waals surface area (Å²) >= 11 is 0. The fraction of sp³-hybridized carbons (Fsp3) is 0.294. The smallest absolute Gasteiger partial charge is 0.131 e. The standard InChI is InChI=1S/C17H18FNO/c18-15-8-4-10-17(14(15)11-19)20-16-9-3-6-12-5-1-2-7-13(12)16/h1-2,4-5,7-8,10,16H,3,6,9,11,19H2. The first-order valence-electron chi connectivity index (χ1n) is 7.01. The van der Waals surface area contributed by atoms with Crippen LogP contribution < -0.4 is 10.5 Å². The summed E-state index contributed by atoms with van der Waals surface area (Å²) in [5.41, 5.74) is 8.63. The largest absolute Gasteiger partial charge is 0.485 e. The van der Waals surface area contributed by atoms with Gasteiger partial charge in [-0.3, -0.25) is 0 Å². The van der Waals surface area contributed by atoms with Gasteiger partial charge in [-0.1, -0.05) is 30.3 Å². The number of rotatable bonds is 3. The lowest BCUT2D eigenvalue weighted by Gasteiger charge is -2.27. The van der Waals surface area contributed by atoms with Gasteiger partial charge in [0.1, 0.15) is 17.7 Å². The maximum Gasteiger partial charge on any atom is 0.131 e. The van der Waals surface area contributed by atoms with Crippen molar-refractivity contribution in [1.29, 1.82) is 0 Å². The van der Waals surface area contributed by atoms with Gasteiger partial charge in [-0.25, -0.2) is 4.39 Å². The number of halogens is 1. The van der Waals surface area contributed by atoms with Crippen LogP contribution in [-0.4, -0.2) is 0 Å². The molecule has 2 nitrogen and oxygen atoms in total. The zero-order chi connectivity index (χ0) is 13.9. The monoisotopic (exact) mass is 271 g/mol. The Kier molecular flexibility index (Phi) is 3.70. The molecule has 0 fully saturated rings. The summed E-state index contributed by atoms with van der Waals surface area (Å²) < 4.78 is 19.8. The van der Waals surface area contributed by atoms with Gasteiger partial charge >= 0.3 is 0 Å². The number of benzene rings is 2. The highest BCUT2D eigenvalue weighted by atomic mass is 19.1. The van der Waals surface area contributed by atoms with Crippen LogP contribution in [0.3, 0.4) is 0 Å². The highest BCUT2D eigenvalue weighted by molar-refractivity contribution is 5.37. The maximum atomic E-state index is 13.7. The lowest BCUT2D eigenvalue weighted by atomic mass is 9.89. The quantitative estimate of drug-likeness (QED) is 0.923. The summed E-state index contributed by atoms with van der Waals surface area (Å²) in [6.45, 7) is 0.149. The van der Waals surface area contributed by atoms with Crippen LogP contribution in [0.15, 0.2) is 42.5 Å². The molecule has 3 rings (SSSR count). The van der Waals surface area contributed by atoms with Gasteiger partial charge in [0, 0.05) is 12.1 Å². The first kappa shape index (κ1) is 13.1. The van der Waals surface area contributed by atoms with Crippen molar-refractivity contribution >= 4 is 0 Å². The van der Waals surface area contributed by atoms with Crippen molar-refractivity contribution in [2.45, 2.75) is 31.9 Å². The van der Waals surface area contributed by atoms with E-state index in [-0.39, 0.29) is 18.5 Å². The minimum Gasteiger partial charge on any atom is -0.485 e. The fourth-order valence-corrected chi connectivity index (χ4v) is 2.83. The average Bonchev–Trinajstić information content (AvgIpc) is 2.48. The predicted molar refractivity (Wildman–Crippen MR) is 77.0 cm³/mol. The van der Waals surface area contributed by atoms with Crippen LogP contribution in [0.25, 0.3) is 0 Å². The van der Waals surface area contributed by atoms with Crippen LogP contribution in [-0.2, 0) is 13.0 Å². The van der Waals surface area contributed by atoms with Crippen molar-refractivity contribution in [1.82, 2.24) is 0 Å². The second-order valence-electron chi connectivity index (χ2n) is 5.12. The molecule has 20 heavy (non-hydrogen) atoms. The molecule has 104 valence electrons. The summed E-state index contributed by atoms with van der Waals surface area (Å²) in [7, 11) is 0. The molecule has 0 saturated heterocycles. The van der Waals surface area contributed by atoms with Crippen LogP contribution in [0.1, 0.15) is 35.6 Å². The van der Waals surface area contributed by atoms with E-state index in [4.69, 9.17) is 10.5 Å². The zero-order valence-corrected chi connectivity index (χ0v) is 11.3. The number of fused-ring (bicyclic) bond motifs is 1. The minimum absolute atomic E-state index is 0.00736. The minimum atomic E-state index is -0.297. The molecule has 2 N–H and O–H groups in total. The van der Waals surface area contributed by atoms with Gasteiger partial charge < -0.3 is 10.5 Å². The summed E-state index contributed by atoms with van der Waals surface area (Å²) in [6.07, 6.45) is 3.13. The molecule has 0 heterocycles. The van der Waals surface area contributed by atoms with Crippen molar-refractivity contribution in [3.05, 3.63) is 65.0 Å². The first-order valence-corrected chi connectivity index (χ1v) is 7.01. The van der Waals surface area contributed by atoms with Crippen LogP contribution in [0.5, 0.6) is 5.75 Å². The molecule has 3 heteroatoms.